The fourth-order valence-corrected chi connectivity index (χ4v) is 3.66. The summed E-state index contributed by atoms with van der Waals surface area (Å²) in [4.78, 5) is 16.3. The fourth-order valence-electron chi connectivity index (χ4n) is 3.66. The molecule has 0 unspecified atom stereocenters. The molecule has 1 aromatic carbocycles. The Hall–Kier alpha value is -2.28. The summed E-state index contributed by atoms with van der Waals surface area (Å²) in [6.45, 7) is 5.19. The van der Waals surface area contributed by atoms with Crippen molar-refractivity contribution in [3.63, 3.8) is 0 Å². The molecule has 0 saturated heterocycles. The zero-order valence-electron chi connectivity index (χ0n) is 18.8. The number of aryl methyl sites for hydroxylation is 1. The SMILES string of the molecule is CN=C(NCCNC(=O)CC1CCCC1)NCc1ccc(C)cc1OCCCOC. The van der Waals surface area contributed by atoms with Gasteiger partial charge in [-0.1, -0.05) is 25.0 Å². The maximum atomic E-state index is 12.0. The number of ether oxygens (including phenoxy) is 2. The van der Waals surface area contributed by atoms with Gasteiger partial charge in [0.15, 0.2) is 5.96 Å². The zero-order chi connectivity index (χ0) is 21.6. The number of amides is 1. The van der Waals surface area contributed by atoms with E-state index in [0.717, 1.165) is 23.3 Å². The first kappa shape index (κ1) is 24.0. The van der Waals surface area contributed by atoms with Crippen LogP contribution < -0.4 is 20.7 Å². The van der Waals surface area contributed by atoms with Crippen molar-refractivity contribution in [3.05, 3.63) is 29.3 Å². The molecule has 1 aliphatic carbocycles. The van der Waals surface area contributed by atoms with E-state index in [1.807, 2.05) is 0 Å². The van der Waals surface area contributed by atoms with E-state index in [1.165, 1.54) is 25.7 Å². The summed E-state index contributed by atoms with van der Waals surface area (Å²) in [6.07, 6.45) is 6.43. The number of carbonyl (C=O) groups is 1. The minimum Gasteiger partial charge on any atom is -0.493 e. The van der Waals surface area contributed by atoms with E-state index >= 15 is 0 Å². The highest BCUT2D eigenvalue weighted by Gasteiger charge is 2.17. The van der Waals surface area contributed by atoms with Gasteiger partial charge in [-0.3, -0.25) is 9.79 Å². The van der Waals surface area contributed by atoms with Crippen molar-refractivity contribution in [3.8, 4) is 5.75 Å². The van der Waals surface area contributed by atoms with Gasteiger partial charge in [0.25, 0.3) is 0 Å². The average Bonchev–Trinajstić information content (AvgIpc) is 3.24. The lowest BCUT2D eigenvalue weighted by Crippen LogP contribution is -2.41. The minimum atomic E-state index is 0.154. The number of carbonyl (C=O) groups excluding carboxylic acids is 1. The molecular weight excluding hydrogens is 380 g/mol. The normalized spacial score (nSPS) is 14.6. The van der Waals surface area contributed by atoms with Gasteiger partial charge in [-0.25, -0.2) is 0 Å². The standard InChI is InChI=1S/C23H38N4O3/c1-18-9-10-20(21(15-18)30-14-6-13-29-3)17-27-23(24-2)26-12-11-25-22(28)16-19-7-4-5-8-19/h9-10,15,19H,4-8,11-14,16-17H2,1-3H3,(H,25,28)(H2,24,26,27). The van der Waals surface area contributed by atoms with E-state index in [2.05, 4.69) is 46.1 Å². The smallest absolute Gasteiger partial charge is 0.220 e. The Morgan fingerprint density at radius 3 is 2.63 bits per heavy atom. The molecule has 1 fully saturated rings. The number of rotatable bonds is 12. The molecule has 7 nitrogen and oxygen atoms in total. The van der Waals surface area contributed by atoms with E-state index in [-0.39, 0.29) is 5.91 Å². The van der Waals surface area contributed by atoms with E-state index in [9.17, 15) is 4.79 Å². The quantitative estimate of drug-likeness (QED) is 0.276. The molecule has 0 aliphatic heterocycles. The highest BCUT2D eigenvalue weighted by atomic mass is 16.5. The van der Waals surface area contributed by atoms with E-state index < -0.39 is 0 Å². The molecule has 0 spiro atoms. The van der Waals surface area contributed by atoms with Crippen molar-refractivity contribution in [2.24, 2.45) is 10.9 Å². The predicted octanol–water partition coefficient (Wildman–Crippen LogP) is 2.77. The van der Waals surface area contributed by atoms with Gasteiger partial charge >= 0.3 is 0 Å². The molecule has 1 amide bonds. The fraction of sp³-hybridized carbons (Fsp3) is 0.652. The predicted molar refractivity (Wildman–Crippen MR) is 121 cm³/mol. The Labute approximate surface area is 181 Å². The van der Waals surface area contributed by atoms with Crippen molar-refractivity contribution >= 4 is 11.9 Å². The van der Waals surface area contributed by atoms with Gasteiger partial charge in [-0.15, -0.1) is 0 Å². The third-order valence-electron chi connectivity index (χ3n) is 5.33. The molecule has 0 aromatic heterocycles. The third kappa shape index (κ3) is 9.03. The van der Waals surface area contributed by atoms with Crippen LogP contribution in [0.3, 0.4) is 0 Å². The summed E-state index contributed by atoms with van der Waals surface area (Å²) in [5.41, 5.74) is 2.24. The van der Waals surface area contributed by atoms with Crippen LogP contribution in [0.4, 0.5) is 0 Å². The van der Waals surface area contributed by atoms with Gasteiger partial charge in [-0.2, -0.15) is 0 Å². The van der Waals surface area contributed by atoms with Crippen LogP contribution in [0, 0.1) is 12.8 Å². The number of hydrogen-bond donors (Lipinski definition) is 3. The molecule has 168 valence electrons. The Bertz CT molecular complexity index is 672. The lowest BCUT2D eigenvalue weighted by Gasteiger charge is -2.16. The molecular formula is C23H38N4O3. The van der Waals surface area contributed by atoms with Crippen molar-refractivity contribution in [1.82, 2.24) is 16.0 Å². The van der Waals surface area contributed by atoms with Crippen LogP contribution in [-0.4, -0.2) is 52.3 Å². The molecule has 0 heterocycles. The number of guanidine groups is 1. The van der Waals surface area contributed by atoms with Crippen LogP contribution >= 0.6 is 0 Å². The third-order valence-corrected chi connectivity index (χ3v) is 5.33. The van der Waals surface area contributed by atoms with Gasteiger partial charge in [0, 0.05) is 58.8 Å². The van der Waals surface area contributed by atoms with Gasteiger partial charge in [-0.05, 0) is 37.3 Å². The first-order valence-corrected chi connectivity index (χ1v) is 11.0. The van der Waals surface area contributed by atoms with Crippen molar-refractivity contribution in [1.29, 1.82) is 0 Å². The lowest BCUT2D eigenvalue weighted by molar-refractivity contribution is -0.121. The number of nitrogens with zero attached hydrogens (tertiary/aromatic N) is 1. The maximum absolute atomic E-state index is 12.0. The second-order valence-electron chi connectivity index (χ2n) is 7.86. The molecule has 1 aromatic rings. The van der Waals surface area contributed by atoms with Gasteiger partial charge in [0.2, 0.25) is 5.91 Å². The Morgan fingerprint density at radius 2 is 1.90 bits per heavy atom. The summed E-state index contributed by atoms with van der Waals surface area (Å²) < 4.78 is 11.0. The second-order valence-corrected chi connectivity index (χ2v) is 7.86. The van der Waals surface area contributed by atoms with Gasteiger partial charge in [0.1, 0.15) is 5.75 Å². The molecule has 0 bridgehead atoms. The molecule has 30 heavy (non-hydrogen) atoms. The molecule has 1 aliphatic rings. The van der Waals surface area contributed by atoms with Gasteiger partial charge < -0.3 is 25.4 Å². The first-order valence-electron chi connectivity index (χ1n) is 11.0. The number of nitrogens with one attached hydrogen (secondary N) is 3. The summed E-state index contributed by atoms with van der Waals surface area (Å²) >= 11 is 0. The van der Waals surface area contributed by atoms with Crippen LogP contribution in [0.2, 0.25) is 0 Å². The maximum Gasteiger partial charge on any atom is 0.220 e. The van der Waals surface area contributed by atoms with Crippen LogP contribution in [0.15, 0.2) is 23.2 Å². The Morgan fingerprint density at radius 1 is 1.13 bits per heavy atom. The first-order chi connectivity index (χ1) is 14.6. The highest BCUT2D eigenvalue weighted by molar-refractivity contribution is 5.80. The van der Waals surface area contributed by atoms with Crippen molar-refractivity contribution in [2.45, 2.75) is 52.0 Å². The van der Waals surface area contributed by atoms with E-state index in [1.54, 1.807) is 14.2 Å². The zero-order valence-corrected chi connectivity index (χ0v) is 18.8. The Kier molecular flexibility index (Phi) is 11.1. The number of methoxy groups -OCH3 is 1. The topological polar surface area (TPSA) is 84.0 Å². The lowest BCUT2D eigenvalue weighted by atomic mass is 10.0. The van der Waals surface area contributed by atoms with Crippen molar-refractivity contribution < 1.29 is 14.3 Å². The summed E-state index contributed by atoms with van der Waals surface area (Å²) in [7, 11) is 3.44. The average molecular weight is 419 g/mol. The van der Waals surface area contributed by atoms with Crippen LogP contribution in [0.1, 0.15) is 49.7 Å². The van der Waals surface area contributed by atoms with Crippen LogP contribution in [0.5, 0.6) is 5.75 Å². The number of aliphatic imine (C=N–C) groups is 1. The highest BCUT2D eigenvalue weighted by Crippen LogP contribution is 2.27. The molecule has 0 radical (unpaired) electrons. The summed E-state index contributed by atoms with van der Waals surface area (Å²) in [5.74, 6) is 2.31. The molecule has 3 N–H and O–H groups in total. The van der Waals surface area contributed by atoms with E-state index in [0.29, 0.717) is 51.1 Å². The van der Waals surface area contributed by atoms with Crippen LogP contribution in [-0.2, 0) is 16.1 Å². The minimum absolute atomic E-state index is 0.154. The monoisotopic (exact) mass is 418 g/mol. The Balaban J connectivity index is 1.70. The molecule has 1 saturated carbocycles. The summed E-state index contributed by atoms with van der Waals surface area (Å²) in [6, 6.07) is 6.21. The van der Waals surface area contributed by atoms with E-state index in [4.69, 9.17) is 9.47 Å². The summed E-state index contributed by atoms with van der Waals surface area (Å²) in [5, 5.41) is 9.56. The molecule has 7 heteroatoms. The molecule has 2 rings (SSSR count). The second kappa shape index (κ2) is 13.9. The van der Waals surface area contributed by atoms with Crippen LogP contribution in [0.25, 0.3) is 0 Å². The molecule has 0 atom stereocenters. The number of benzene rings is 1. The van der Waals surface area contributed by atoms with Gasteiger partial charge in [0.05, 0.1) is 6.61 Å². The largest absolute Gasteiger partial charge is 0.493 e. The number of hydrogen-bond acceptors (Lipinski definition) is 4. The van der Waals surface area contributed by atoms with Crippen molar-refractivity contribution in [2.75, 3.05) is 40.5 Å².